The Morgan fingerprint density at radius 3 is 2.61 bits per heavy atom. The van der Waals surface area contributed by atoms with E-state index in [1.54, 1.807) is 35.6 Å². The van der Waals surface area contributed by atoms with Gasteiger partial charge in [-0.25, -0.2) is 9.78 Å². The number of carbonyl (C=O) groups excluding carboxylic acids is 2. The maximum atomic E-state index is 12.7. The first-order chi connectivity index (χ1) is 13.4. The molecule has 6 nitrogen and oxygen atoms in total. The molecule has 1 aromatic carbocycles. The molecule has 3 rings (SSSR count). The number of benzene rings is 1. The van der Waals surface area contributed by atoms with Crippen LogP contribution in [0.3, 0.4) is 0 Å². The Kier molecular flexibility index (Phi) is 6.43. The maximum Gasteiger partial charge on any atom is 0.411 e. The monoisotopic (exact) mass is 415 g/mol. The summed E-state index contributed by atoms with van der Waals surface area (Å²) in [6, 6.07) is 8.92. The van der Waals surface area contributed by atoms with E-state index in [2.05, 4.69) is 15.6 Å². The van der Waals surface area contributed by atoms with Crippen molar-refractivity contribution in [1.29, 1.82) is 0 Å². The number of ether oxygens (including phenoxy) is 1. The number of rotatable bonds is 6. The molecule has 0 saturated carbocycles. The van der Waals surface area contributed by atoms with Crippen molar-refractivity contribution < 1.29 is 14.3 Å². The lowest BCUT2D eigenvalue weighted by atomic mass is 10.2. The highest BCUT2D eigenvalue weighted by Gasteiger charge is 2.17. The van der Waals surface area contributed by atoms with Gasteiger partial charge in [0.2, 0.25) is 0 Å². The Hall–Kier alpha value is -2.71. The van der Waals surface area contributed by atoms with Crippen LogP contribution in [0.5, 0.6) is 0 Å². The number of carbonyl (C=O) groups is 2. The highest BCUT2D eigenvalue weighted by atomic mass is 32.1. The van der Waals surface area contributed by atoms with E-state index in [9.17, 15) is 9.59 Å². The third kappa shape index (κ3) is 5.17. The predicted octanol–water partition coefficient (Wildman–Crippen LogP) is 5.64. The number of amides is 2. The van der Waals surface area contributed by atoms with Crippen LogP contribution in [0.1, 0.15) is 29.2 Å². The Labute approximate surface area is 171 Å². The molecule has 2 N–H and O–H groups in total. The lowest BCUT2D eigenvalue weighted by molar-refractivity contribution is 0.102. The summed E-state index contributed by atoms with van der Waals surface area (Å²) in [6.07, 6.45) is -0.518. The fourth-order valence-electron chi connectivity index (χ4n) is 2.38. The molecule has 0 aliphatic carbocycles. The molecule has 0 fully saturated rings. The molecule has 0 saturated heterocycles. The standard InChI is InChI=1S/C20H21N3O3S2/c1-12(2)10-26-20(25)23-16-6-4-5-15(9-16)22-18(24)17-13(3)21-19(28-17)14-7-8-27-11-14/h4-9,11-12H,10H2,1-3H3,(H,22,24)(H,23,25). The predicted molar refractivity (Wildman–Crippen MR) is 114 cm³/mol. The van der Waals surface area contributed by atoms with Crippen LogP contribution < -0.4 is 10.6 Å². The minimum atomic E-state index is -0.518. The van der Waals surface area contributed by atoms with Crippen LogP contribution in [0.25, 0.3) is 10.6 Å². The first-order valence-electron chi connectivity index (χ1n) is 8.77. The van der Waals surface area contributed by atoms with Gasteiger partial charge in [0.15, 0.2) is 0 Å². The average Bonchev–Trinajstić information content (AvgIpc) is 3.29. The van der Waals surface area contributed by atoms with Gasteiger partial charge in [-0.15, -0.1) is 11.3 Å². The second-order valence-corrected chi connectivity index (χ2v) is 8.38. The number of thiophene rings is 1. The Morgan fingerprint density at radius 2 is 1.93 bits per heavy atom. The Balaban J connectivity index is 1.67. The molecule has 8 heteroatoms. The van der Waals surface area contributed by atoms with Crippen LogP contribution in [-0.2, 0) is 4.74 Å². The molecule has 0 spiro atoms. The zero-order valence-corrected chi connectivity index (χ0v) is 17.4. The molecule has 2 amide bonds. The largest absolute Gasteiger partial charge is 0.449 e. The SMILES string of the molecule is Cc1nc(-c2ccsc2)sc1C(=O)Nc1cccc(NC(=O)OCC(C)C)c1. The fraction of sp³-hybridized carbons (Fsp3) is 0.250. The molecule has 28 heavy (non-hydrogen) atoms. The van der Waals surface area contributed by atoms with E-state index < -0.39 is 6.09 Å². The van der Waals surface area contributed by atoms with Crippen molar-refractivity contribution in [2.24, 2.45) is 5.92 Å². The van der Waals surface area contributed by atoms with Gasteiger partial charge in [0.05, 0.1) is 12.3 Å². The summed E-state index contributed by atoms with van der Waals surface area (Å²) in [5.74, 6) is 0.0361. The van der Waals surface area contributed by atoms with Gasteiger partial charge >= 0.3 is 6.09 Å². The molecule has 3 aromatic rings. The summed E-state index contributed by atoms with van der Waals surface area (Å²) in [5, 5.41) is 10.3. The molecule has 0 aliphatic heterocycles. The van der Waals surface area contributed by atoms with Crippen molar-refractivity contribution in [3.05, 3.63) is 51.7 Å². The van der Waals surface area contributed by atoms with Crippen molar-refractivity contribution in [2.75, 3.05) is 17.2 Å². The fourth-order valence-corrected chi connectivity index (χ4v) is 4.05. The highest BCUT2D eigenvalue weighted by Crippen LogP contribution is 2.30. The van der Waals surface area contributed by atoms with Crippen molar-refractivity contribution in [3.8, 4) is 10.6 Å². The molecule has 2 aromatic heterocycles. The zero-order chi connectivity index (χ0) is 20.1. The van der Waals surface area contributed by atoms with Crippen LogP contribution >= 0.6 is 22.7 Å². The van der Waals surface area contributed by atoms with Gasteiger partial charge in [-0.2, -0.15) is 11.3 Å². The number of hydrogen-bond donors (Lipinski definition) is 2. The molecule has 0 bridgehead atoms. The summed E-state index contributed by atoms with van der Waals surface area (Å²) >= 11 is 2.96. The van der Waals surface area contributed by atoms with E-state index in [1.165, 1.54) is 11.3 Å². The molecule has 0 aliphatic rings. The minimum absolute atomic E-state index is 0.226. The van der Waals surface area contributed by atoms with E-state index >= 15 is 0 Å². The number of nitrogens with one attached hydrogen (secondary N) is 2. The van der Waals surface area contributed by atoms with Crippen LogP contribution in [0.15, 0.2) is 41.1 Å². The van der Waals surface area contributed by atoms with Crippen LogP contribution in [0.4, 0.5) is 16.2 Å². The van der Waals surface area contributed by atoms with Gasteiger partial charge in [0.25, 0.3) is 5.91 Å². The van der Waals surface area contributed by atoms with E-state index in [4.69, 9.17) is 4.74 Å². The average molecular weight is 416 g/mol. The van der Waals surface area contributed by atoms with E-state index in [0.717, 1.165) is 10.6 Å². The van der Waals surface area contributed by atoms with Crippen LogP contribution in [0.2, 0.25) is 0 Å². The van der Waals surface area contributed by atoms with E-state index in [-0.39, 0.29) is 11.8 Å². The number of aryl methyl sites for hydroxylation is 1. The van der Waals surface area contributed by atoms with Crippen molar-refractivity contribution in [1.82, 2.24) is 4.98 Å². The number of aromatic nitrogens is 1. The third-order valence-corrected chi connectivity index (χ3v) is 5.57. The minimum Gasteiger partial charge on any atom is -0.449 e. The maximum absolute atomic E-state index is 12.7. The van der Waals surface area contributed by atoms with Gasteiger partial charge < -0.3 is 10.1 Å². The van der Waals surface area contributed by atoms with Crippen molar-refractivity contribution in [3.63, 3.8) is 0 Å². The summed E-state index contributed by atoms with van der Waals surface area (Å²) in [5.41, 5.74) is 2.83. The molecule has 0 atom stereocenters. The van der Waals surface area contributed by atoms with Gasteiger partial charge in [0, 0.05) is 22.3 Å². The Morgan fingerprint density at radius 1 is 1.18 bits per heavy atom. The molecular formula is C20H21N3O3S2. The Bertz CT molecular complexity index is 965. The van der Waals surface area contributed by atoms with Crippen molar-refractivity contribution in [2.45, 2.75) is 20.8 Å². The molecule has 0 unspecified atom stereocenters. The van der Waals surface area contributed by atoms with Gasteiger partial charge in [-0.05, 0) is 42.5 Å². The number of thiazole rings is 1. The second-order valence-electron chi connectivity index (χ2n) is 6.60. The topological polar surface area (TPSA) is 80.3 Å². The molecule has 146 valence electrons. The quantitative estimate of drug-likeness (QED) is 0.546. The summed E-state index contributed by atoms with van der Waals surface area (Å²) < 4.78 is 5.11. The summed E-state index contributed by atoms with van der Waals surface area (Å²) in [4.78, 5) is 29.5. The lowest BCUT2D eigenvalue weighted by Gasteiger charge is -2.10. The number of anilines is 2. The van der Waals surface area contributed by atoms with Gasteiger partial charge in [-0.1, -0.05) is 19.9 Å². The van der Waals surface area contributed by atoms with Gasteiger partial charge in [0.1, 0.15) is 9.88 Å². The number of hydrogen-bond acceptors (Lipinski definition) is 6. The highest BCUT2D eigenvalue weighted by molar-refractivity contribution is 7.17. The van der Waals surface area contributed by atoms with Crippen LogP contribution in [-0.4, -0.2) is 23.6 Å². The normalized spacial score (nSPS) is 10.7. The zero-order valence-electron chi connectivity index (χ0n) is 15.8. The van der Waals surface area contributed by atoms with Crippen LogP contribution in [0, 0.1) is 12.8 Å². The lowest BCUT2D eigenvalue weighted by Crippen LogP contribution is -2.17. The molecular weight excluding hydrogens is 394 g/mol. The van der Waals surface area contributed by atoms with E-state index in [1.807, 2.05) is 37.6 Å². The molecule has 0 radical (unpaired) electrons. The smallest absolute Gasteiger partial charge is 0.411 e. The third-order valence-electron chi connectivity index (χ3n) is 3.69. The first kappa shape index (κ1) is 20.0. The summed E-state index contributed by atoms with van der Waals surface area (Å²) in [7, 11) is 0. The van der Waals surface area contributed by atoms with Crippen molar-refractivity contribution >= 4 is 46.0 Å². The summed E-state index contributed by atoms with van der Waals surface area (Å²) in [6.45, 7) is 6.10. The van der Waals surface area contributed by atoms with Gasteiger partial charge in [-0.3, -0.25) is 10.1 Å². The first-order valence-corrected chi connectivity index (χ1v) is 10.5. The second kappa shape index (κ2) is 8.99. The van der Waals surface area contributed by atoms with E-state index in [0.29, 0.717) is 28.6 Å². The number of nitrogens with zero attached hydrogens (tertiary/aromatic N) is 1. The molecule has 2 heterocycles.